The van der Waals surface area contributed by atoms with Crippen LogP contribution < -0.4 is 24.0 Å². The van der Waals surface area contributed by atoms with Gasteiger partial charge in [0.05, 0.1) is 0 Å². The van der Waals surface area contributed by atoms with E-state index in [1.54, 1.807) is 0 Å². The van der Waals surface area contributed by atoms with Crippen molar-refractivity contribution in [1.82, 2.24) is 0 Å². The first kappa shape index (κ1) is 12.5. The minimum Gasteiger partial charge on any atom is -1.00 e. The summed E-state index contributed by atoms with van der Waals surface area (Å²) < 4.78 is 4.66. The van der Waals surface area contributed by atoms with Crippen molar-refractivity contribution in [3.8, 4) is 0 Å². The summed E-state index contributed by atoms with van der Waals surface area (Å²) in [5.41, 5.74) is 0. The van der Waals surface area contributed by atoms with E-state index < -0.39 is 0 Å². The molecule has 0 saturated carbocycles. The van der Waals surface area contributed by atoms with Crippen molar-refractivity contribution in [2.24, 2.45) is 0 Å². The van der Waals surface area contributed by atoms with Crippen molar-refractivity contribution in [3.63, 3.8) is 0 Å². The molecular formula is C5H9IO2Zn. The van der Waals surface area contributed by atoms with E-state index >= 15 is 0 Å². The maximum absolute atomic E-state index is 10.4. The van der Waals surface area contributed by atoms with Gasteiger partial charge in [-0.1, -0.05) is 0 Å². The molecule has 0 aliphatic heterocycles. The Labute approximate surface area is 82.4 Å². The van der Waals surface area contributed by atoms with Crippen LogP contribution in [-0.2, 0) is 27.8 Å². The van der Waals surface area contributed by atoms with Gasteiger partial charge in [-0.05, 0) is 0 Å². The van der Waals surface area contributed by atoms with Crippen molar-refractivity contribution in [2.45, 2.75) is 18.4 Å². The van der Waals surface area contributed by atoms with Crippen LogP contribution in [-0.4, -0.2) is 12.6 Å². The van der Waals surface area contributed by atoms with E-state index in [4.69, 9.17) is 0 Å². The Morgan fingerprint density at radius 3 is 2.56 bits per heavy atom. The van der Waals surface area contributed by atoms with Crippen molar-refractivity contribution >= 4 is 5.97 Å². The quantitative estimate of drug-likeness (QED) is 0.339. The van der Waals surface area contributed by atoms with Crippen LogP contribution in [0.2, 0.25) is 5.02 Å². The molecule has 0 radical (unpaired) electrons. The third kappa shape index (κ3) is 8.82. The summed E-state index contributed by atoms with van der Waals surface area (Å²) in [5, 5.41) is 0.999. The smallest absolute Gasteiger partial charge is 1.00 e. The van der Waals surface area contributed by atoms with Gasteiger partial charge in [0, 0.05) is 0 Å². The number of hydrogen-bond acceptors (Lipinski definition) is 2. The predicted octanol–water partition coefficient (Wildman–Crippen LogP) is -2.09. The number of ether oxygens (including phenoxy) is 1. The van der Waals surface area contributed by atoms with Crippen LogP contribution in [0.15, 0.2) is 0 Å². The average molecular weight is 293 g/mol. The summed E-state index contributed by atoms with van der Waals surface area (Å²) >= 11 is 1.18. The van der Waals surface area contributed by atoms with E-state index in [1.807, 2.05) is 6.92 Å². The van der Waals surface area contributed by atoms with Gasteiger partial charge in [0.2, 0.25) is 0 Å². The molecule has 0 fully saturated rings. The maximum Gasteiger partial charge on any atom is -1.00 e. The molecule has 0 unspecified atom stereocenters. The first-order valence-corrected chi connectivity index (χ1v) is 4.86. The molecule has 0 aliphatic rings. The first-order valence-electron chi connectivity index (χ1n) is 2.76. The number of carbonyl (C=O) groups is 1. The second-order valence-electron chi connectivity index (χ2n) is 1.41. The third-order valence-electron chi connectivity index (χ3n) is 0.686. The fourth-order valence-corrected chi connectivity index (χ4v) is 0.983. The van der Waals surface area contributed by atoms with E-state index in [2.05, 4.69) is 4.74 Å². The topological polar surface area (TPSA) is 26.3 Å². The predicted molar refractivity (Wildman–Crippen MR) is 26.1 cm³/mol. The minimum atomic E-state index is -0.0567. The van der Waals surface area contributed by atoms with E-state index in [0.29, 0.717) is 13.0 Å². The van der Waals surface area contributed by atoms with Gasteiger partial charge in [-0.3, -0.25) is 0 Å². The second kappa shape index (κ2) is 8.82. The van der Waals surface area contributed by atoms with Gasteiger partial charge in [-0.15, -0.1) is 0 Å². The van der Waals surface area contributed by atoms with Crippen LogP contribution in [0.1, 0.15) is 13.3 Å². The monoisotopic (exact) mass is 292 g/mol. The fourth-order valence-electron chi connectivity index (χ4n) is 0.377. The van der Waals surface area contributed by atoms with E-state index in [1.165, 1.54) is 18.3 Å². The molecule has 0 aliphatic carbocycles. The molecule has 0 rings (SSSR count). The van der Waals surface area contributed by atoms with E-state index in [-0.39, 0.29) is 29.9 Å². The molecule has 50 valence electrons. The zero-order chi connectivity index (χ0) is 6.41. The van der Waals surface area contributed by atoms with E-state index in [9.17, 15) is 4.79 Å². The second-order valence-corrected chi connectivity index (χ2v) is 2.89. The minimum absolute atomic E-state index is 0. The third-order valence-corrected chi connectivity index (χ3v) is 1.43. The van der Waals surface area contributed by atoms with Crippen LogP contribution in [0, 0.1) is 0 Å². The SMILES string of the molecule is CCOC(=O)C[CH2][Zn+].[I-]. The molecule has 9 heavy (non-hydrogen) atoms. The molecule has 2 nitrogen and oxygen atoms in total. The van der Waals surface area contributed by atoms with Crippen molar-refractivity contribution in [1.29, 1.82) is 0 Å². The Balaban J connectivity index is 0. The normalized spacial score (nSPS) is 7.89. The number of halogens is 1. The van der Waals surface area contributed by atoms with Crippen LogP contribution >= 0.6 is 0 Å². The van der Waals surface area contributed by atoms with Gasteiger partial charge in [-0.25, -0.2) is 0 Å². The van der Waals surface area contributed by atoms with Crippen molar-refractivity contribution in [2.75, 3.05) is 6.61 Å². The molecule has 0 bridgehead atoms. The van der Waals surface area contributed by atoms with Crippen LogP contribution in [0.25, 0.3) is 0 Å². The van der Waals surface area contributed by atoms with Gasteiger partial charge >= 0.3 is 58.8 Å². The Bertz CT molecular complexity index is 69.4. The Hall–Kier alpha value is 0.823. The molecule has 0 aromatic rings. The molecule has 4 heteroatoms. The summed E-state index contributed by atoms with van der Waals surface area (Å²) in [6.45, 7) is 2.34. The molecular weight excluding hydrogens is 284 g/mol. The zero-order valence-corrected chi connectivity index (χ0v) is 10.6. The number of hydrogen-bond donors (Lipinski definition) is 0. The van der Waals surface area contributed by atoms with Crippen LogP contribution in [0.4, 0.5) is 0 Å². The van der Waals surface area contributed by atoms with Gasteiger partial charge in [0.25, 0.3) is 0 Å². The Morgan fingerprint density at radius 2 is 2.22 bits per heavy atom. The number of carbonyl (C=O) groups excluding carboxylic acids is 1. The molecule has 0 spiro atoms. The Kier molecular flexibility index (Phi) is 12.2. The summed E-state index contributed by atoms with van der Waals surface area (Å²) in [4.78, 5) is 10.4. The summed E-state index contributed by atoms with van der Waals surface area (Å²) in [7, 11) is 0. The summed E-state index contributed by atoms with van der Waals surface area (Å²) in [6, 6.07) is 0. The van der Waals surface area contributed by atoms with Crippen molar-refractivity contribution in [3.05, 3.63) is 0 Å². The molecule has 0 amide bonds. The average Bonchev–Trinajstić information content (AvgIpc) is 1.68. The molecule has 0 aromatic carbocycles. The van der Waals surface area contributed by atoms with Gasteiger partial charge in [0.15, 0.2) is 0 Å². The molecule has 0 atom stereocenters. The number of rotatable bonds is 3. The molecule has 0 aromatic heterocycles. The molecule has 0 saturated heterocycles. The van der Waals surface area contributed by atoms with Crippen LogP contribution in [0.3, 0.4) is 0 Å². The molecule has 0 N–H and O–H groups in total. The van der Waals surface area contributed by atoms with Gasteiger partial charge in [0.1, 0.15) is 0 Å². The largest absolute Gasteiger partial charge is 1.00 e. The Morgan fingerprint density at radius 1 is 1.67 bits per heavy atom. The maximum atomic E-state index is 10.4. The van der Waals surface area contributed by atoms with Gasteiger partial charge < -0.3 is 24.0 Å². The molecule has 0 heterocycles. The zero-order valence-electron chi connectivity index (χ0n) is 5.52. The first-order chi connectivity index (χ1) is 3.81. The van der Waals surface area contributed by atoms with Crippen LogP contribution in [0.5, 0.6) is 0 Å². The van der Waals surface area contributed by atoms with Gasteiger partial charge in [-0.2, -0.15) is 0 Å². The summed E-state index contributed by atoms with van der Waals surface area (Å²) in [6.07, 6.45) is 0.605. The number of esters is 1. The summed E-state index contributed by atoms with van der Waals surface area (Å²) in [5.74, 6) is -0.0567. The van der Waals surface area contributed by atoms with Crippen molar-refractivity contribution < 1.29 is 51.8 Å². The fraction of sp³-hybridized carbons (Fsp3) is 0.800. The van der Waals surface area contributed by atoms with E-state index in [0.717, 1.165) is 5.02 Å². The standard InChI is InChI=1S/C5H9O2.HI.Zn/c1-3-5(6)7-4-2;;/h1,3-4H2,2H3;1H;/q;;+1/p-1.